The van der Waals surface area contributed by atoms with Gasteiger partial charge in [-0.3, -0.25) is 9.20 Å². The van der Waals surface area contributed by atoms with Crippen molar-refractivity contribution in [2.24, 2.45) is 0 Å². The fraction of sp³-hybridized carbons (Fsp3) is 0.0690. The molecule has 1 amide bonds. The number of rotatable bonds is 7. The number of nitrogens with two attached hydrogens (primary N) is 1. The van der Waals surface area contributed by atoms with E-state index in [1.54, 1.807) is 13.3 Å². The first-order valence-corrected chi connectivity index (χ1v) is 11.6. The Bertz CT molecular complexity index is 1610. The molecule has 5 rings (SSSR count). The van der Waals surface area contributed by atoms with Crippen molar-refractivity contribution in [2.75, 3.05) is 18.2 Å². The van der Waals surface area contributed by atoms with Crippen molar-refractivity contribution in [1.29, 1.82) is 0 Å². The number of ether oxygens (including phenoxy) is 2. The van der Waals surface area contributed by atoms with Gasteiger partial charge in [0.15, 0.2) is 0 Å². The maximum atomic E-state index is 11.7. The van der Waals surface area contributed by atoms with Crippen molar-refractivity contribution in [2.45, 2.75) is 6.92 Å². The number of aromatic nitrogens is 3. The lowest BCUT2D eigenvalue weighted by atomic mass is 9.96. The number of pyridine rings is 1. The third kappa shape index (κ3) is 4.60. The Labute approximate surface area is 214 Å². The second-order valence-electron chi connectivity index (χ2n) is 8.30. The highest BCUT2D eigenvalue weighted by Crippen LogP contribution is 2.46. The SMILES string of the molecule is C=CC(=O)Nc1ccc(-c2c(-c3ccc(Oc4cccc(C)n4)cc3)c3c(N)nccn3c2OC)cc1. The first kappa shape index (κ1) is 23.6. The Morgan fingerprint density at radius 2 is 1.73 bits per heavy atom. The molecule has 8 nitrogen and oxygen atoms in total. The van der Waals surface area contributed by atoms with Gasteiger partial charge in [-0.2, -0.15) is 0 Å². The Kier molecular flexibility index (Phi) is 6.30. The molecule has 0 saturated heterocycles. The van der Waals surface area contributed by atoms with E-state index in [0.29, 0.717) is 29.0 Å². The van der Waals surface area contributed by atoms with Gasteiger partial charge in [0.25, 0.3) is 0 Å². The molecule has 0 aliphatic rings. The number of hydrogen-bond acceptors (Lipinski definition) is 6. The van der Waals surface area contributed by atoms with Crippen molar-refractivity contribution in [3.8, 4) is 39.8 Å². The molecule has 0 bridgehead atoms. The van der Waals surface area contributed by atoms with Crippen LogP contribution in [0.5, 0.6) is 17.5 Å². The lowest BCUT2D eigenvalue weighted by Gasteiger charge is -2.10. The van der Waals surface area contributed by atoms with E-state index >= 15 is 0 Å². The summed E-state index contributed by atoms with van der Waals surface area (Å²) >= 11 is 0. The topological polar surface area (TPSA) is 104 Å². The summed E-state index contributed by atoms with van der Waals surface area (Å²) in [5, 5.41) is 2.77. The van der Waals surface area contributed by atoms with Crippen LogP contribution in [0.4, 0.5) is 11.5 Å². The van der Waals surface area contributed by atoms with Crippen molar-refractivity contribution >= 4 is 22.9 Å². The molecule has 0 unspecified atom stereocenters. The van der Waals surface area contributed by atoms with Gasteiger partial charge in [-0.05, 0) is 54.5 Å². The third-order valence-electron chi connectivity index (χ3n) is 5.88. The van der Waals surface area contributed by atoms with Crippen LogP contribution in [0.15, 0.2) is 91.8 Å². The number of benzene rings is 2. The van der Waals surface area contributed by atoms with E-state index in [1.807, 2.05) is 84.3 Å². The van der Waals surface area contributed by atoms with Crippen LogP contribution in [0, 0.1) is 6.92 Å². The molecule has 3 aromatic heterocycles. The normalized spacial score (nSPS) is 10.8. The van der Waals surface area contributed by atoms with E-state index in [0.717, 1.165) is 33.5 Å². The van der Waals surface area contributed by atoms with Crippen LogP contribution in [-0.4, -0.2) is 27.4 Å². The van der Waals surface area contributed by atoms with Crippen LogP contribution in [0.25, 0.3) is 27.8 Å². The third-order valence-corrected chi connectivity index (χ3v) is 5.88. The molecule has 0 atom stereocenters. The summed E-state index contributed by atoms with van der Waals surface area (Å²) < 4.78 is 13.7. The molecule has 8 heteroatoms. The molecule has 3 N–H and O–H groups in total. The Hall–Kier alpha value is -5.11. The van der Waals surface area contributed by atoms with Crippen LogP contribution in [0.1, 0.15) is 5.69 Å². The zero-order valence-corrected chi connectivity index (χ0v) is 20.4. The van der Waals surface area contributed by atoms with E-state index in [-0.39, 0.29) is 5.91 Å². The maximum Gasteiger partial charge on any atom is 0.247 e. The van der Waals surface area contributed by atoms with Crippen LogP contribution >= 0.6 is 0 Å². The summed E-state index contributed by atoms with van der Waals surface area (Å²) in [7, 11) is 1.62. The van der Waals surface area contributed by atoms with Crippen LogP contribution in [0.3, 0.4) is 0 Å². The van der Waals surface area contributed by atoms with E-state index in [1.165, 1.54) is 6.08 Å². The Morgan fingerprint density at radius 3 is 2.41 bits per heavy atom. The van der Waals surface area contributed by atoms with Gasteiger partial charge in [0.05, 0.1) is 18.2 Å². The number of amides is 1. The molecule has 0 radical (unpaired) electrons. The molecule has 37 heavy (non-hydrogen) atoms. The predicted molar refractivity (Wildman–Crippen MR) is 145 cm³/mol. The lowest BCUT2D eigenvalue weighted by Crippen LogP contribution is -2.06. The fourth-order valence-electron chi connectivity index (χ4n) is 4.25. The fourth-order valence-corrected chi connectivity index (χ4v) is 4.25. The number of aryl methyl sites for hydroxylation is 1. The van der Waals surface area contributed by atoms with Gasteiger partial charge < -0.3 is 20.5 Å². The lowest BCUT2D eigenvalue weighted by molar-refractivity contribution is -0.111. The number of anilines is 2. The molecule has 0 fully saturated rings. The van der Waals surface area contributed by atoms with Crippen molar-refractivity contribution in [1.82, 2.24) is 14.4 Å². The summed E-state index contributed by atoms with van der Waals surface area (Å²) in [6, 6.07) is 20.9. The minimum Gasteiger partial charge on any atom is -0.481 e. The number of hydrogen-bond donors (Lipinski definition) is 2. The summed E-state index contributed by atoms with van der Waals surface area (Å²) in [6.07, 6.45) is 4.68. The van der Waals surface area contributed by atoms with E-state index in [9.17, 15) is 4.79 Å². The van der Waals surface area contributed by atoms with Gasteiger partial charge in [-0.15, -0.1) is 0 Å². The van der Waals surface area contributed by atoms with E-state index in [4.69, 9.17) is 15.2 Å². The standard InChI is InChI=1S/C29H25N5O3/c1-4-23(35)33-21-12-8-20(9-13-21)26-25(27-28(30)31-16-17-34(27)29(26)36-3)19-10-14-22(15-11-19)37-24-7-5-6-18(2)32-24/h4-17H,1H2,2-3H3,(H2,30,31)(H,33,35). The summed E-state index contributed by atoms with van der Waals surface area (Å²) in [5.41, 5.74) is 12.1. The highest BCUT2D eigenvalue weighted by atomic mass is 16.5. The van der Waals surface area contributed by atoms with Crippen LogP contribution < -0.4 is 20.5 Å². The first-order valence-electron chi connectivity index (χ1n) is 11.6. The second-order valence-corrected chi connectivity index (χ2v) is 8.30. The van der Waals surface area contributed by atoms with Gasteiger partial charge in [0.1, 0.15) is 11.6 Å². The van der Waals surface area contributed by atoms with Crippen molar-refractivity contribution in [3.63, 3.8) is 0 Å². The Balaban J connectivity index is 1.62. The summed E-state index contributed by atoms with van der Waals surface area (Å²) in [6.45, 7) is 5.41. The maximum absolute atomic E-state index is 11.7. The second kappa shape index (κ2) is 9.87. The quantitative estimate of drug-likeness (QED) is 0.276. The monoisotopic (exact) mass is 491 g/mol. The smallest absolute Gasteiger partial charge is 0.247 e. The van der Waals surface area contributed by atoms with Gasteiger partial charge >= 0.3 is 0 Å². The molecule has 5 aromatic rings. The molecule has 0 spiro atoms. The average Bonchev–Trinajstić information content (AvgIpc) is 3.25. The largest absolute Gasteiger partial charge is 0.481 e. The van der Waals surface area contributed by atoms with Gasteiger partial charge in [0, 0.05) is 35.4 Å². The minimum absolute atomic E-state index is 0.275. The zero-order valence-electron chi connectivity index (χ0n) is 20.4. The average molecular weight is 492 g/mol. The molecule has 2 aromatic carbocycles. The van der Waals surface area contributed by atoms with Gasteiger partial charge in [0.2, 0.25) is 17.7 Å². The zero-order chi connectivity index (χ0) is 25.9. The number of methoxy groups -OCH3 is 1. The molecule has 3 heterocycles. The summed E-state index contributed by atoms with van der Waals surface area (Å²) in [4.78, 5) is 20.4. The van der Waals surface area contributed by atoms with Gasteiger partial charge in [-0.1, -0.05) is 36.9 Å². The van der Waals surface area contributed by atoms with E-state index < -0.39 is 0 Å². The van der Waals surface area contributed by atoms with Crippen molar-refractivity contribution in [3.05, 3.63) is 97.5 Å². The number of fused-ring (bicyclic) bond motifs is 1. The molecule has 184 valence electrons. The summed E-state index contributed by atoms with van der Waals surface area (Å²) in [5.74, 6) is 1.91. The molecule has 0 aliphatic heterocycles. The number of carbonyl (C=O) groups is 1. The number of nitrogen functional groups attached to an aromatic ring is 1. The Morgan fingerprint density at radius 1 is 1.03 bits per heavy atom. The molecule has 0 saturated carbocycles. The highest BCUT2D eigenvalue weighted by molar-refractivity contribution is 6.02. The molecular formula is C29H25N5O3. The predicted octanol–water partition coefficient (Wildman–Crippen LogP) is 5.88. The van der Waals surface area contributed by atoms with Crippen molar-refractivity contribution < 1.29 is 14.3 Å². The minimum atomic E-state index is -0.275. The van der Waals surface area contributed by atoms with Gasteiger partial charge in [-0.25, -0.2) is 9.97 Å². The highest BCUT2D eigenvalue weighted by Gasteiger charge is 2.24. The first-order chi connectivity index (χ1) is 18.0. The number of nitrogens with one attached hydrogen (secondary N) is 1. The van der Waals surface area contributed by atoms with Crippen LogP contribution in [0.2, 0.25) is 0 Å². The molecular weight excluding hydrogens is 466 g/mol. The molecule has 0 aliphatic carbocycles. The van der Waals surface area contributed by atoms with Crippen LogP contribution in [-0.2, 0) is 4.79 Å². The van der Waals surface area contributed by atoms with E-state index in [2.05, 4.69) is 21.9 Å². The number of nitrogens with zero attached hydrogens (tertiary/aromatic N) is 3. The number of carbonyl (C=O) groups excluding carboxylic acids is 1.